The Labute approximate surface area is 100 Å². The molecule has 0 heterocycles. The van der Waals surface area contributed by atoms with Crippen molar-refractivity contribution >= 4 is 0 Å². The highest BCUT2D eigenvalue weighted by Gasteiger charge is 2.54. The van der Waals surface area contributed by atoms with E-state index in [9.17, 15) is 0 Å². The summed E-state index contributed by atoms with van der Waals surface area (Å²) >= 11 is 0. The highest BCUT2D eigenvalue weighted by molar-refractivity contribution is 5.05. The fraction of sp³-hybridized carbons (Fsp3) is 1.00. The molecule has 0 bridgehead atoms. The number of methoxy groups -OCH3 is 1. The number of rotatable bonds is 5. The highest BCUT2D eigenvalue weighted by atomic mass is 16.5. The molecule has 3 atom stereocenters. The van der Waals surface area contributed by atoms with E-state index in [2.05, 4.69) is 19.2 Å². The van der Waals surface area contributed by atoms with Crippen molar-refractivity contribution in [1.82, 2.24) is 5.32 Å². The van der Waals surface area contributed by atoms with Gasteiger partial charge >= 0.3 is 0 Å². The molecule has 2 fully saturated rings. The molecule has 1 spiro atoms. The van der Waals surface area contributed by atoms with Crippen LogP contribution in [0.1, 0.15) is 46.0 Å². The third kappa shape index (κ3) is 2.78. The minimum Gasteiger partial charge on any atom is -0.381 e. The maximum atomic E-state index is 5.54. The molecular weight excluding hydrogens is 198 g/mol. The fourth-order valence-corrected chi connectivity index (χ4v) is 3.36. The molecule has 0 aliphatic heterocycles. The second-order valence-corrected chi connectivity index (χ2v) is 6.27. The summed E-state index contributed by atoms with van der Waals surface area (Å²) < 4.78 is 5.54. The van der Waals surface area contributed by atoms with Crippen LogP contribution >= 0.6 is 0 Å². The average molecular weight is 225 g/mol. The number of nitrogens with one attached hydrogen (secondary N) is 1. The lowest BCUT2D eigenvalue weighted by molar-refractivity contribution is 0.0404. The average Bonchev–Trinajstić information content (AvgIpc) is 2.90. The minimum absolute atomic E-state index is 0.545. The summed E-state index contributed by atoms with van der Waals surface area (Å²) in [5.41, 5.74) is 0.670. The van der Waals surface area contributed by atoms with Crippen molar-refractivity contribution in [3.05, 3.63) is 0 Å². The smallest absolute Gasteiger partial charge is 0.0576 e. The summed E-state index contributed by atoms with van der Waals surface area (Å²) in [5.74, 6) is 1.71. The van der Waals surface area contributed by atoms with Crippen LogP contribution in [0.4, 0.5) is 0 Å². The van der Waals surface area contributed by atoms with Gasteiger partial charge in [0.25, 0.3) is 0 Å². The Morgan fingerprint density at radius 3 is 2.88 bits per heavy atom. The Balaban J connectivity index is 1.71. The molecule has 0 aromatic heterocycles. The standard InChI is InChI=1S/C14H27NO/c1-11(2)9-15-10-12-7-14(12)6-4-5-13(8-14)16-3/h11-13,15H,4-10H2,1-3H3. The fourth-order valence-electron chi connectivity index (χ4n) is 3.36. The molecule has 2 aliphatic carbocycles. The molecule has 0 saturated heterocycles. The SMILES string of the molecule is COC1CCCC2(C1)CC2CNCC(C)C. The predicted octanol–water partition coefficient (Wildman–Crippen LogP) is 2.83. The van der Waals surface area contributed by atoms with Crippen LogP contribution in [-0.4, -0.2) is 26.3 Å². The van der Waals surface area contributed by atoms with Crippen LogP contribution in [0.3, 0.4) is 0 Å². The maximum absolute atomic E-state index is 5.54. The van der Waals surface area contributed by atoms with E-state index in [0.717, 1.165) is 11.8 Å². The van der Waals surface area contributed by atoms with E-state index in [0.29, 0.717) is 11.5 Å². The van der Waals surface area contributed by atoms with Crippen molar-refractivity contribution in [3.8, 4) is 0 Å². The summed E-state index contributed by atoms with van der Waals surface area (Å²) in [6, 6.07) is 0. The zero-order valence-electron chi connectivity index (χ0n) is 11.1. The van der Waals surface area contributed by atoms with Crippen LogP contribution in [0.25, 0.3) is 0 Å². The Hall–Kier alpha value is -0.0800. The van der Waals surface area contributed by atoms with Gasteiger partial charge in [-0.05, 0) is 56.0 Å². The van der Waals surface area contributed by atoms with Crippen LogP contribution in [0, 0.1) is 17.3 Å². The van der Waals surface area contributed by atoms with Gasteiger partial charge in [0, 0.05) is 7.11 Å². The molecule has 0 aromatic rings. The van der Waals surface area contributed by atoms with E-state index >= 15 is 0 Å². The third-order valence-electron chi connectivity index (χ3n) is 4.47. The van der Waals surface area contributed by atoms with Crippen molar-refractivity contribution in [2.75, 3.05) is 20.2 Å². The Kier molecular flexibility index (Phi) is 3.91. The van der Waals surface area contributed by atoms with E-state index in [1.54, 1.807) is 0 Å². The Bertz CT molecular complexity index is 229. The molecule has 2 nitrogen and oxygen atoms in total. The first kappa shape index (κ1) is 12.4. The summed E-state index contributed by atoms with van der Waals surface area (Å²) in [6.07, 6.45) is 7.41. The molecule has 3 unspecified atom stereocenters. The Morgan fingerprint density at radius 1 is 1.38 bits per heavy atom. The molecule has 94 valence electrons. The van der Waals surface area contributed by atoms with Crippen LogP contribution in [0.2, 0.25) is 0 Å². The normalized spacial score (nSPS) is 38.2. The molecule has 16 heavy (non-hydrogen) atoms. The van der Waals surface area contributed by atoms with Crippen LogP contribution in [0.15, 0.2) is 0 Å². The van der Waals surface area contributed by atoms with Gasteiger partial charge in [0.2, 0.25) is 0 Å². The first-order valence-electron chi connectivity index (χ1n) is 6.90. The third-order valence-corrected chi connectivity index (χ3v) is 4.47. The highest BCUT2D eigenvalue weighted by Crippen LogP contribution is 2.61. The predicted molar refractivity (Wildman–Crippen MR) is 67.5 cm³/mol. The van der Waals surface area contributed by atoms with E-state index in [4.69, 9.17) is 4.74 Å². The lowest BCUT2D eigenvalue weighted by Crippen LogP contribution is -2.28. The van der Waals surface area contributed by atoms with E-state index in [-0.39, 0.29) is 0 Å². The molecule has 0 radical (unpaired) electrons. The second-order valence-electron chi connectivity index (χ2n) is 6.27. The van der Waals surface area contributed by atoms with Gasteiger partial charge in [-0.25, -0.2) is 0 Å². The molecule has 0 amide bonds. The van der Waals surface area contributed by atoms with Gasteiger partial charge in [-0.1, -0.05) is 20.3 Å². The maximum Gasteiger partial charge on any atom is 0.0576 e. The number of hydrogen-bond donors (Lipinski definition) is 1. The monoisotopic (exact) mass is 225 g/mol. The summed E-state index contributed by atoms with van der Waals surface area (Å²) in [7, 11) is 1.87. The van der Waals surface area contributed by atoms with E-state index in [1.165, 1.54) is 45.2 Å². The molecule has 2 rings (SSSR count). The van der Waals surface area contributed by atoms with Crippen molar-refractivity contribution in [3.63, 3.8) is 0 Å². The summed E-state index contributed by atoms with van der Waals surface area (Å²) in [4.78, 5) is 0. The van der Waals surface area contributed by atoms with Gasteiger partial charge in [-0.3, -0.25) is 0 Å². The zero-order valence-corrected chi connectivity index (χ0v) is 11.1. The molecule has 2 aliphatic rings. The largest absolute Gasteiger partial charge is 0.381 e. The first-order chi connectivity index (χ1) is 7.66. The first-order valence-corrected chi connectivity index (χ1v) is 6.90. The topological polar surface area (TPSA) is 21.3 Å². The van der Waals surface area contributed by atoms with Crippen LogP contribution < -0.4 is 5.32 Å². The van der Waals surface area contributed by atoms with Gasteiger partial charge < -0.3 is 10.1 Å². The summed E-state index contributed by atoms with van der Waals surface area (Å²) in [6.45, 7) is 6.95. The number of hydrogen-bond acceptors (Lipinski definition) is 2. The zero-order chi connectivity index (χ0) is 11.6. The quantitative estimate of drug-likeness (QED) is 0.777. The van der Waals surface area contributed by atoms with Crippen molar-refractivity contribution in [2.24, 2.45) is 17.3 Å². The molecule has 1 N–H and O–H groups in total. The van der Waals surface area contributed by atoms with Gasteiger partial charge in [0.05, 0.1) is 6.10 Å². The van der Waals surface area contributed by atoms with Crippen LogP contribution in [-0.2, 0) is 4.74 Å². The summed E-state index contributed by atoms with van der Waals surface area (Å²) in [5, 5.41) is 3.61. The van der Waals surface area contributed by atoms with Gasteiger partial charge in [0.1, 0.15) is 0 Å². The minimum atomic E-state index is 0.545. The van der Waals surface area contributed by atoms with Crippen molar-refractivity contribution in [2.45, 2.75) is 52.1 Å². The van der Waals surface area contributed by atoms with Gasteiger partial charge in [0.15, 0.2) is 0 Å². The second kappa shape index (κ2) is 5.05. The Morgan fingerprint density at radius 2 is 2.19 bits per heavy atom. The molecule has 2 heteroatoms. The van der Waals surface area contributed by atoms with Crippen molar-refractivity contribution in [1.29, 1.82) is 0 Å². The van der Waals surface area contributed by atoms with Crippen LogP contribution in [0.5, 0.6) is 0 Å². The lowest BCUT2D eigenvalue weighted by atomic mass is 9.82. The lowest BCUT2D eigenvalue weighted by Gasteiger charge is -2.29. The van der Waals surface area contributed by atoms with Crippen molar-refractivity contribution < 1.29 is 4.74 Å². The van der Waals surface area contributed by atoms with E-state index < -0.39 is 0 Å². The van der Waals surface area contributed by atoms with E-state index in [1.807, 2.05) is 7.11 Å². The molecule has 2 saturated carbocycles. The molecular formula is C14H27NO. The van der Waals surface area contributed by atoms with Gasteiger partial charge in [-0.15, -0.1) is 0 Å². The molecule has 0 aromatic carbocycles. The van der Waals surface area contributed by atoms with Gasteiger partial charge in [-0.2, -0.15) is 0 Å². The number of ether oxygens (including phenoxy) is 1.